The highest BCUT2D eigenvalue weighted by molar-refractivity contribution is 7.98. The summed E-state index contributed by atoms with van der Waals surface area (Å²) in [4.78, 5) is 0.970. The van der Waals surface area contributed by atoms with Gasteiger partial charge in [0.05, 0.1) is 11.5 Å². The van der Waals surface area contributed by atoms with E-state index in [0.29, 0.717) is 0 Å². The predicted molar refractivity (Wildman–Crippen MR) is 50.3 cm³/mol. The van der Waals surface area contributed by atoms with E-state index >= 15 is 0 Å². The zero-order chi connectivity index (χ0) is 9.26. The molecule has 70 valence electrons. The maximum atomic E-state index is 9.07. The van der Waals surface area contributed by atoms with E-state index < -0.39 is 0 Å². The van der Waals surface area contributed by atoms with Gasteiger partial charge in [-0.25, -0.2) is 0 Å². The van der Waals surface area contributed by atoms with Crippen molar-refractivity contribution < 1.29 is 14.6 Å². The van der Waals surface area contributed by atoms with Gasteiger partial charge >= 0.3 is 0 Å². The largest absolute Gasteiger partial charge is 0.454 e. The van der Waals surface area contributed by atoms with Gasteiger partial charge in [-0.2, -0.15) is 0 Å². The van der Waals surface area contributed by atoms with Crippen LogP contribution >= 0.6 is 11.8 Å². The maximum absolute atomic E-state index is 9.07. The third-order valence-corrected chi connectivity index (χ3v) is 2.81. The lowest BCUT2D eigenvalue weighted by Gasteiger charge is -2.07. The van der Waals surface area contributed by atoms with Crippen molar-refractivity contribution in [1.82, 2.24) is 0 Å². The fourth-order valence-corrected chi connectivity index (χ4v) is 2.08. The molecule has 1 aliphatic heterocycles. The second-order valence-corrected chi connectivity index (χ2v) is 3.47. The number of hydrogen-bond donors (Lipinski definition) is 1. The van der Waals surface area contributed by atoms with E-state index in [9.17, 15) is 0 Å². The molecule has 0 fully saturated rings. The van der Waals surface area contributed by atoms with Crippen LogP contribution in [-0.4, -0.2) is 18.2 Å². The minimum Gasteiger partial charge on any atom is -0.454 e. The summed E-state index contributed by atoms with van der Waals surface area (Å²) in [5.41, 5.74) is 0.886. The second-order valence-electron chi connectivity index (χ2n) is 2.65. The summed E-state index contributed by atoms with van der Waals surface area (Å²) in [6, 6.07) is 3.69. The number of aliphatic hydroxyl groups excluding tert-OH is 1. The van der Waals surface area contributed by atoms with E-state index in [2.05, 4.69) is 0 Å². The number of rotatable bonds is 2. The first-order valence-electron chi connectivity index (χ1n) is 3.93. The van der Waals surface area contributed by atoms with E-state index in [4.69, 9.17) is 14.6 Å². The summed E-state index contributed by atoms with van der Waals surface area (Å²) in [6.07, 6.45) is 1.95. The van der Waals surface area contributed by atoms with Gasteiger partial charge in [0.1, 0.15) is 0 Å². The zero-order valence-electron chi connectivity index (χ0n) is 7.24. The molecule has 0 saturated heterocycles. The van der Waals surface area contributed by atoms with Crippen LogP contribution in [0.1, 0.15) is 5.56 Å². The molecule has 2 rings (SSSR count). The van der Waals surface area contributed by atoms with Gasteiger partial charge in [-0.15, -0.1) is 11.8 Å². The Balaban J connectivity index is 2.53. The van der Waals surface area contributed by atoms with Crippen molar-refractivity contribution in [3.8, 4) is 11.5 Å². The lowest BCUT2D eigenvalue weighted by molar-refractivity contribution is 0.172. The fraction of sp³-hybridized carbons (Fsp3) is 0.333. The number of benzene rings is 1. The minimum atomic E-state index is 0.0345. The number of hydrogen-bond acceptors (Lipinski definition) is 4. The zero-order valence-corrected chi connectivity index (χ0v) is 8.06. The first-order valence-corrected chi connectivity index (χ1v) is 5.15. The van der Waals surface area contributed by atoms with Crippen LogP contribution in [0.2, 0.25) is 0 Å². The maximum Gasteiger partial charge on any atom is 0.231 e. The Bertz CT molecular complexity index is 325. The summed E-state index contributed by atoms with van der Waals surface area (Å²) in [5.74, 6) is 1.53. The molecule has 1 aliphatic rings. The smallest absolute Gasteiger partial charge is 0.231 e. The molecular formula is C9H10O3S. The van der Waals surface area contributed by atoms with Crippen molar-refractivity contribution in [3.63, 3.8) is 0 Å². The van der Waals surface area contributed by atoms with Gasteiger partial charge in [0.15, 0.2) is 11.5 Å². The first-order chi connectivity index (χ1) is 6.36. The van der Waals surface area contributed by atoms with E-state index in [0.717, 1.165) is 22.0 Å². The van der Waals surface area contributed by atoms with E-state index in [1.807, 2.05) is 18.4 Å². The van der Waals surface area contributed by atoms with Crippen LogP contribution in [0.4, 0.5) is 0 Å². The minimum absolute atomic E-state index is 0.0345. The monoisotopic (exact) mass is 198 g/mol. The molecule has 13 heavy (non-hydrogen) atoms. The van der Waals surface area contributed by atoms with Crippen LogP contribution in [0.25, 0.3) is 0 Å². The van der Waals surface area contributed by atoms with Gasteiger partial charge < -0.3 is 14.6 Å². The number of fused-ring (bicyclic) bond motifs is 1. The molecule has 0 unspecified atom stereocenters. The van der Waals surface area contributed by atoms with Gasteiger partial charge in [-0.05, 0) is 17.9 Å². The third kappa shape index (κ3) is 1.36. The first kappa shape index (κ1) is 8.72. The van der Waals surface area contributed by atoms with Gasteiger partial charge in [0.2, 0.25) is 6.79 Å². The number of aliphatic hydroxyl groups is 1. The van der Waals surface area contributed by atoms with Crippen LogP contribution in [0.3, 0.4) is 0 Å². The molecule has 0 aliphatic carbocycles. The van der Waals surface area contributed by atoms with Crippen molar-refractivity contribution in [2.75, 3.05) is 13.0 Å². The van der Waals surface area contributed by atoms with Gasteiger partial charge in [0, 0.05) is 0 Å². The predicted octanol–water partition coefficient (Wildman–Crippen LogP) is 1.63. The molecule has 1 N–H and O–H groups in total. The summed E-state index contributed by atoms with van der Waals surface area (Å²) in [5, 5.41) is 9.07. The van der Waals surface area contributed by atoms with Crippen LogP contribution < -0.4 is 9.47 Å². The SMILES string of the molecule is CSc1c(CO)ccc2c1OCO2. The number of ether oxygens (including phenoxy) is 2. The molecule has 3 nitrogen and oxygen atoms in total. The van der Waals surface area contributed by atoms with E-state index in [-0.39, 0.29) is 13.4 Å². The fourth-order valence-electron chi connectivity index (χ4n) is 1.34. The Morgan fingerprint density at radius 1 is 1.46 bits per heavy atom. The van der Waals surface area contributed by atoms with Crippen molar-refractivity contribution in [3.05, 3.63) is 17.7 Å². The highest BCUT2D eigenvalue weighted by Gasteiger charge is 2.19. The second kappa shape index (κ2) is 3.47. The topological polar surface area (TPSA) is 38.7 Å². The van der Waals surface area contributed by atoms with Crippen LogP contribution in [-0.2, 0) is 6.61 Å². The van der Waals surface area contributed by atoms with Gasteiger partial charge in [-0.3, -0.25) is 0 Å². The molecule has 4 heteroatoms. The van der Waals surface area contributed by atoms with Gasteiger partial charge in [-0.1, -0.05) is 6.07 Å². The molecule has 0 amide bonds. The molecule has 0 saturated carbocycles. The average Bonchev–Trinajstić information content (AvgIpc) is 2.63. The normalized spacial score (nSPS) is 13.4. The Labute approximate surface area is 80.7 Å². The Morgan fingerprint density at radius 2 is 2.31 bits per heavy atom. The van der Waals surface area contributed by atoms with Crippen LogP contribution in [0, 0.1) is 0 Å². The summed E-state index contributed by atoms with van der Waals surface area (Å²) in [6.45, 7) is 0.310. The molecule has 0 aromatic heterocycles. The Kier molecular flexibility index (Phi) is 2.33. The van der Waals surface area contributed by atoms with Crippen LogP contribution in [0.5, 0.6) is 11.5 Å². The molecule has 1 aromatic rings. The molecule has 0 spiro atoms. The summed E-state index contributed by atoms with van der Waals surface area (Å²) >= 11 is 1.56. The van der Waals surface area contributed by atoms with Crippen molar-refractivity contribution in [2.45, 2.75) is 11.5 Å². The molecule has 0 bridgehead atoms. The third-order valence-electron chi connectivity index (χ3n) is 1.95. The van der Waals surface area contributed by atoms with E-state index in [1.165, 1.54) is 0 Å². The molecule has 1 aromatic carbocycles. The summed E-state index contributed by atoms with van der Waals surface area (Å²) < 4.78 is 10.5. The number of thioether (sulfide) groups is 1. The van der Waals surface area contributed by atoms with Gasteiger partial charge in [0.25, 0.3) is 0 Å². The highest BCUT2D eigenvalue weighted by atomic mass is 32.2. The average molecular weight is 198 g/mol. The molecule has 0 radical (unpaired) electrons. The lowest BCUT2D eigenvalue weighted by Crippen LogP contribution is -1.94. The molecular weight excluding hydrogens is 188 g/mol. The lowest BCUT2D eigenvalue weighted by atomic mass is 10.2. The standard InChI is InChI=1S/C9H10O3S/c1-13-9-6(4-10)2-3-7-8(9)12-5-11-7/h2-3,10H,4-5H2,1H3. The highest BCUT2D eigenvalue weighted by Crippen LogP contribution is 2.42. The molecule has 0 atom stereocenters. The van der Waals surface area contributed by atoms with Crippen LogP contribution in [0.15, 0.2) is 17.0 Å². The summed E-state index contributed by atoms with van der Waals surface area (Å²) in [7, 11) is 0. The quantitative estimate of drug-likeness (QED) is 0.733. The Morgan fingerprint density at radius 3 is 3.00 bits per heavy atom. The Hall–Kier alpha value is -0.870. The van der Waals surface area contributed by atoms with Crippen molar-refractivity contribution in [2.24, 2.45) is 0 Å². The van der Waals surface area contributed by atoms with E-state index in [1.54, 1.807) is 11.8 Å². The molecule has 1 heterocycles. The van der Waals surface area contributed by atoms with Crippen molar-refractivity contribution in [1.29, 1.82) is 0 Å². The van der Waals surface area contributed by atoms with Crippen molar-refractivity contribution >= 4 is 11.8 Å².